The van der Waals surface area contributed by atoms with E-state index < -0.39 is 14.5 Å². The lowest BCUT2D eigenvalue weighted by Gasteiger charge is -2.42. The molecule has 0 spiro atoms. The third-order valence-corrected chi connectivity index (χ3v) is 11.8. The van der Waals surface area contributed by atoms with Gasteiger partial charge in [0.25, 0.3) is 8.32 Å². The Hall–Kier alpha value is -1.61. The van der Waals surface area contributed by atoms with E-state index in [0.29, 0.717) is 16.6 Å². The molecule has 25 heavy (non-hydrogen) atoms. The Morgan fingerprint density at radius 2 is 1.36 bits per heavy atom. The summed E-state index contributed by atoms with van der Waals surface area (Å²) < 4.78 is 21.7. The van der Waals surface area contributed by atoms with E-state index >= 15 is 0 Å². The van der Waals surface area contributed by atoms with Crippen molar-refractivity contribution in [3.8, 4) is 16.9 Å². The van der Waals surface area contributed by atoms with E-state index in [0.717, 1.165) is 28.0 Å². The largest absolute Gasteiger partial charge is 0.543 e. The summed E-state index contributed by atoms with van der Waals surface area (Å²) in [5, 5.41) is 0. The molecule has 3 heteroatoms. The van der Waals surface area contributed by atoms with Gasteiger partial charge in [-0.05, 0) is 45.4 Å². The van der Waals surface area contributed by atoms with Crippen LogP contribution in [-0.2, 0) is 0 Å². The van der Waals surface area contributed by atoms with Crippen LogP contribution in [0.25, 0.3) is 11.1 Å². The summed E-state index contributed by atoms with van der Waals surface area (Å²) in [6.45, 7) is 13.6. The highest BCUT2D eigenvalue weighted by atomic mass is 28.4. The van der Waals surface area contributed by atoms with Crippen LogP contribution in [0.15, 0.2) is 42.5 Å². The molecule has 134 valence electrons. The molecule has 0 radical (unpaired) electrons. The van der Waals surface area contributed by atoms with Gasteiger partial charge in [-0.15, -0.1) is 0 Å². The van der Waals surface area contributed by atoms with Crippen molar-refractivity contribution in [3.05, 3.63) is 53.6 Å². The number of alkyl halides is 1. The van der Waals surface area contributed by atoms with Crippen molar-refractivity contribution in [2.75, 3.05) is 0 Å². The normalized spacial score (nSPS) is 16.5. The van der Waals surface area contributed by atoms with Crippen LogP contribution in [0.4, 0.5) is 4.39 Å². The van der Waals surface area contributed by atoms with Crippen LogP contribution in [-0.4, -0.2) is 8.32 Å². The Kier molecular flexibility index (Phi) is 4.80. The minimum atomic E-state index is -2.03. The molecule has 0 saturated heterocycles. The fourth-order valence-electron chi connectivity index (χ4n) is 4.75. The summed E-state index contributed by atoms with van der Waals surface area (Å²) in [5.74, 6) is 0.831. The van der Waals surface area contributed by atoms with Crippen LogP contribution >= 0.6 is 0 Å². The molecular weight excluding hydrogens is 327 g/mol. The highest BCUT2D eigenvalue weighted by Gasteiger charge is 2.47. The first-order valence-electron chi connectivity index (χ1n) is 9.35. The van der Waals surface area contributed by atoms with Gasteiger partial charge in [-0.25, -0.2) is 4.39 Å². The molecule has 1 aliphatic carbocycles. The second-order valence-corrected chi connectivity index (χ2v) is 13.5. The van der Waals surface area contributed by atoms with Crippen molar-refractivity contribution in [2.24, 2.45) is 0 Å². The van der Waals surface area contributed by atoms with Crippen molar-refractivity contribution < 1.29 is 8.82 Å². The molecule has 0 fully saturated rings. The lowest BCUT2D eigenvalue weighted by Crippen LogP contribution is -2.50. The molecule has 3 rings (SSSR count). The summed E-state index contributed by atoms with van der Waals surface area (Å²) in [6.07, 6.45) is -1.05. The maximum absolute atomic E-state index is 15.0. The van der Waals surface area contributed by atoms with Gasteiger partial charge in [0.05, 0.1) is 0 Å². The Bertz CT molecular complexity index is 745. The molecule has 1 atom stereocenters. The fraction of sp³-hybridized carbons (Fsp3) is 0.455. The topological polar surface area (TPSA) is 9.23 Å². The lowest BCUT2D eigenvalue weighted by atomic mass is 10.1. The zero-order valence-corrected chi connectivity index (χ0v) is 17.1. The van der Waals surface area contributed by atoms with E-state index in [2.05, 4.69) is 41.5 Å². The minimum Gasteiger partial charge on any atom is -0.543 e. The second-order valence-electron chi connectivity index (χ2n) is 8.12. The van der Waals surface area contributed by atoms with E-state index in [-0.39, 0.29) is 0 Å². The van der Waals surface area contributed by atoms with Crippen LogP contribution in [0.2, 0.25) is 16.6 Å². The number of hydrogen-bond donors (Lipinski definition) is 0. The summed E-state index contributed by atoms with van der Waals surface area (Å²) in [5.41, 5.74) is 5.03. The van der Waals surface area contributed by atoms with Gasteiger partial charge in [-0.1, -0.05) is 71.9 Å². The van der Waals surface area contributed by atoms with Crippen molar-refractivity contribution in [3.63, 3.8) is 0 Å². The van der Waals surface area contributed by atoms with Gasteiger partial charge in [0.2, 0.25) is 0 Å². The first kappa shape index (κ1) is 18.2. The van der Waals surface area contributed by atoms with Crippen molar-refractivity contribution in [2.45, 2.75) is 64.3 Å². The number of fused-ring (bicyclic) bond motifs is 3. The Morgan fingerprint density at radius 1 is 0.800 bits per heavy atom. The third kappa shape index (κ3) is 2.83. The molecule has 0 N–H and O–H groups in total. The summed E-state index contributed by atoms with van der Waals surface area (Å²) in [4.78, 5) is 0. The first-order valence-corrected chi connectivity index (χ1v) is 11.5. The van der Waals surface area contributed by atoms with E-state index in [9.17, 15) is 4.39 Å². The quantitative estimate of drug-likeness (QED) is 0.511. The van der Waals surface area contributed by atoms with Crippen molar-refractivity contribution in [1.82, 2.24) is 0 Å². The summed E-state index contributed by atoms with van der Waals surface area (Å²) in [6, 6.07) is 13.8. The molecule has 1 nitrogen and oxygen atoms in total. The van der Waals surface area contributed by atoms with Crippen molar-refractivity contribution >= 4 is 8.32 Å². The summed E-state index contributed by atoms with van der Waals surface area (Å²) >= 11 is 0. The zero-order valence-electron chi connectivity index (χ0n) is 16.1. The minimum absolute atomic E-state index is 0.499. The molecular formula is C22H29FOSi. The van der Waals surface area contributed by atoms with Gasteiger partial charge in [-0.3, -0.25) is 0 Å². The van der Waals surface area contributed by atoms with Crippen LogP contribution in [0.1, 0.15) is 58.8 Å². The van der Waals surface area contributed by atoms with E-state index in [1.165, 1.54) is 0 Å². The highest BCUT2D eigenvalue weighted by molar-refractivity contribution is 6.78. The molecule has 1 aliphatic rings. The van der Waals surface area contributed by atoms with Crippen LogP contribution in [0.3, 0.4) is 0 Å². The van der Waals surface area contributed by atoms with Gasteiger partial charge in [0.15, 0.2) is 6.17 Å². The first-order chi connectivity index (χ1) is 11.8. The van der Waals surface area contributed by atoms with Crippen molar-refractivity contribution in [1.29, 1.82) is 0 Å². The van der Waals surface area contributed by atoms with Gasteiger partial charge in [0, 0.05) is 5.56 Å². The standard InChI is InChI=1S/C22H29FOSi/c1-14(2)25(15(3)4,16(5)6)24-17-11-12-19-18-9-7-8-10-20(18)22(23)21(19)13-17/h7-16,22H,1-6H3. The molecule has 2 aromatic carbocycles. The molecule has 0 heterocycles. The molecule has 0 bridgehead atoms. The average Bonchev–Trinajstić information content (AvgIpc) is 2.84. The average molecular weight is 357 g/mol. The highest BCUT2D eigenvalue weighted by Crippen LogP contribution is 2.48. The van der Waals surface area contributed by atoms with E-state index in [1.54, 1.807) is 0 Å². The number of rotatable bonds is 5. The second kappa shape index (κ2) is 6.60. The fourth-order valence-corrected chi connectivity index (χ4v) is 9.99. The van der Waals surface area contributed by atoms with Crippen LogP contribution in [0.5, 0.6) is 5.75 Å². The molecule has 2 aromatic rings. The van der Waals surface area contributed by atoms with Gasteiger partial charge in [0.1, 0.15) is 5.75 Å². The van der Waals surface area contributed by atoms with Gasteiger partial charge >= 0.3 is 0 Å². The molecule has 0 aliphatic heterocycles. The van der Waals surface area contributed by atoms with Crippen LogP contribution in [0, 0.1) is 0 Å². The smallest absolute Gasteiger partial charge is 0.258 e. The number of hydrogen-bond acceptors (Lipinski definition) is 1. The zero-order chi connectivity index (χ0) is 18.4. The monoisotopic (exact) mass is 356 g/mol. The van der Waals surface area contributed by atoms with E-state index in [4.69, 9.17) is 4.43 Å². The van der Waals surface area contributed by atoms with Gasteiger partial charge < -0.3 is 4.43 Å². The Balaban J connectivity index is 2.01. The molecule has 0 saturated carbocycles. The maximum Gasteiger partial charge on any atom is 0.258 e. The predicted molar refractivity (Wildman–Crippen MR) is 107 cm³/mol. The molecule has 0 amide bonds. The van der Waals surface area contributed by atoms with Gasteiger partial charge in [-0.2, -0.15) is 0 Å². The molecule has 0 aromatic heterocycles. The van der Waals surface area contributed by atoms with E-state index in [1.807, 2.05) is 42.5 Å². The Labute approximate surface area is 152 Å². The SMILES string of the molecule is CC(C)[Si](Oc1ccc2c(c1)C(F)c1ccccc1-2)(C(C)C)C(C)C. The maximum atomic E-state index is 15.0. The third-order valence-electron chi connectivity index (χ3n) is 5.82. The summed E-state index contributed by atoms with van der Waals surface area (Å²) in [7, 11) is -2.03. The van der Waals surface area contributed by atoms with Crippen LogP contribution < -0.4 is 4.43 Å². The lowest BCUT2D eigenvalue weighted by molar-refractivity contribution is 0.407. The number of halogens is 1. The Morgan fingerprint density at radius 3 is 1.96 bits per heavy atom. The predicted octanol–water partition coefficient (Wildman–Crippen LogP) is 7.28. The number of benzene rings is 2. The molecule has 1 unspecified atom stereocenters.